The van der Waals surface area contributed by atoms with E-state index in [9.17, 15) is 27.6 Å². The van der Waals surface area contributed by atoms with Gasteiger partial charge in [-0.3, -0.25) is 15.0 Å². The van der Waals surface area contributed by atoms with Crippen LogP contribution in [0.1, 0.15) is 48.8 Å². The summed E-state index contributed by atoms with van der Waals surface area (Å²) in [6, 6.07) is 6.09. The van der Waals surface area contributed by atoms with Crippen LogP contribution in [0.5, 0.6) is 0 Å². The summed E-state index contributed by atoms with van der Waals surface area (Å²) in [7, 11) is 0. The van der Waals surface area contributed by atoms with Gasteiger partial charge in [-0.05, 0) is 57.0 Å². The van der Waals surface area contributed by atoms with Gasteiger partial charge in [0.05, 0.1) is 25.3 Å². The highest BCUT2D eigenvalue weighted by atomic mass is 32.1. The molecule has 2 aliphatic heterocycles. The number of anilines is 1. The standard InChI is InChI=1S/C35H40F3N7O5S/c1-3-39-34(48)42-30-17-24(32-41-29(21-51-32)35(36,37)38)26(18-40-30)22-7-8-28-25(16-22)31(46)27(33(47)50-4-2)20-45(28)23-6-5-9-44(19-23)11-10-43-12-14-49-15-13-43/h7-8,16-18,20-21,23H,3-6,9-15,19H2,1-2H3,(H2,39,40,42,48). The van der Waals surface area contributed by atoms with Crippen molar-refractivity contribution in [3.05, 3.63) is 63.5 Å². The van der Waals surface area contributed by atoms with Crippen molar-refractivity contribution >= 4 is 40.1 Å². The number of pyridine rings is 2. The number of likely N-dealkylation sites (tertiary alicyclic amines) is 1. The number of aromatic nitrogens is 3. The molecule has 3 aromatic heterocycles. The summed E-state index contributed by atoms with van der Waals surface area (Å²) in [5.41, 5.74) is 0.104. The van der Waals surface area contributed by atoms with E-state index in [1.807, 2.05) is 4.57 Å². The van der Waals surface area contributed by atoms with Crippen molar-refractivity contribution in [1.29, 1.82) is 0 Å². The number of carbonyl (C=O) groups is 2. The van der Waals surface area contributed by atoms with Crippen LogP contribution in [0.25, 0.3) is 32.6 Å². The van der Waals surface area contributed by atoms with Crippen molar-refractivity contribution in [1.82, 2.24) is 29.7 Å². The minimum Gasteiger partial charge on any atom is -0.462 e. The normalized spacial score (nSPS) is 17.4. The number of fused-ring (bicyclic) bond motifs is 1. The average molecular weight is 728 g/mol. The Morgan fingerprint density at radius 3 is 2.59 bits per heavy atom. The third-order valence-electron chi connectivity index (χ3n) is 9.06. The van der Waals surface area contributed by atoms with E-state index >= 15 is 0 Å². The number of halogens is 3. The second-order valence-electron chi connectivity index (χ2n) is 12.4. The highest BCUT2D eigenvalue weighted by Crippen LogP contribution is 2.39. The van der Waals surface area contributed by atoms with Crippen molar-refractivity contribution in [2.75, 3.05) is 71.0 Å². The fourth-order valence-electron chi connectivity index (χ4n) is 6.53. The molecule has 12 nitrogen and oxygen atoms in total. The molecule has 51 heavy (non-hydrogen) atoms. The largest absolute Gasteiger partial charge is 0.462 e. The Hall–Kier alpha value is -4.38. The van der Waals surface area contributed by atoms with Crippen molar-refractivity contribution < 1.29 is 32.2 Å². The van der Waals surface area contributed by atoms with Gasteiger partial charge in [0.15, 0.2) is 5.69 Å². The second kappa shape index (κ2) is 15.9. The lowest BCUT2D eigenvalue weighted by Crippen LogP contribution is -2.44. The number of piperidine rings is 1. The first-order valence-electron chi connectivity index (χ1n) is 17.0. The molecule has 4 aromatic rings. The highest BCUT2D eigenvalue weighted by molar-refractivity contribution is 7.13. The zero-order valence-electron chi connectivity index (χ0n) is 28.4. The Kier molecular flexibility index (Phi) is 11.3. The van der Waals surface area contributed by atoms with Crippen LogP contribution in [0, 0.1) is 0 Å². The lowest BCUT2D eigenvalue weighted by molar-refractivity contribution is -0.140. The molecule has 16 heteroatoms. The molecular weight excluding hydrogens is 687 g/mol. The first-order chi connectivity index (χ1) is 24.5. The van der Waals surface area contributed by atoms with Gasteiger partial charge in [-0.2, -0.15) is 13.2 Å². The number of amides is 2. The minimum atomic E-state index is -4.65. The predicted molar refractivity (Wildman–Crippen MR) is 188 cm³/mol. The molecule has 2 fully saturated rings. The molecule has 6 rings (SSSR count). The van der Waals surface area contributed by atoms with Crippen molar-refractivity contribution in [3.8, 4) is 21.7 Å². The lowest BCUT2D eigenvalue weighted by Gasteiger charge is -2.36. The minimum absolute atomic E-state index is 0.0291. The molecule has 0 aliphatic carbocycles. The highest BCUT2D eigenvalue weighted by Gasteiger charge is 2.34. The maximum atomic E-state index is 14.0. The van der Waals surface area contributed by atoms with Crippen molar-refractivity contribution in [3.63, 3.8) is 0 Å². The molecular formula is C35H40F3N7O5S. The molecule has 1 atom stereocenters. The number of thiazole rings is 1. The van der Waals surface area contributed by atoms with Gasteiger partial charge < -0.3 is 24.3 Å². The average Bonchev–Trinajstić information content (AvgIpc) is 3.63. The van der Waals surface area contributed by atoms with Gasteiger partial charge in [0, 0.05) is 79.6 Å². The maximum Gasteiger partial charge on any atom is 0.434 e. The van der Waals surface area contributed by atoms with E-state index < -0.39 is 29.3 Å². The first-order valence-corrected chi connectivity index (χ1v) is 17.9. The van der Waals surface area contributed by atoms with E-state index in [-0.39, 0.29) is 40.0 Å². The van der Waals surface area contributed by atoms with Gasteiger partial charge in [0.25, 0.3) is 0 Å². The molecule has 5 heterocycles. The van der Waals surface area contributed by atoms with E-state index in [0.29, 0.717) is 23.2 Å². The van der Waals surface area contributed by atoms with Crippen LogP contribution in [-0.4, -0.2) is 102 Å². The summed E-state index contributed by atoms with van der Waals surface area (Å²) >= 11 is 0.801. The van der Waals surface area contributed by atoms with E-state index in [4.69, 9.17) is 9.47 Å². The second-order valence-corrected chi connectivity index (χ2v) is 13.3. The number of hydrogen-bond donors (Lipinski definition) is 2. The Morgan fingerprint density at radius 2 is 1.86 bits per heavy atom. The third-order valence-corrected chi connectivity index (χ3v) is 9.93. The summed E-state index contributed by atoms with van der Waals surface area (Å²) < 4.78 is 53.5. The van der Waals surface area contributed by atoms with Gasteiger partial charge in [-0.1, -0.05) is 6.07 Å². The summed E-state index contributed by atoms with van der Waals surface area (Å²) in [6.45, 7) is 10.6. The van der Waals surface area contributed by atoms with Crippen molar-refractivity contribution in [2.45, 2.75) is 38.9 Å². The Labute approximate surface area is 296 Å². The molecule has 0 saturated carbocycles. The number of rotatable bonds is 10. The van der Waals surface area contributed by atoms with Crippen LogP contribution >= 0.6 is 11.3 Å². The maximum absolute atomic E-state index is 14.0. The monoisotopic (exact) mass is 727 g/mol. The fraction of sp³-hybridized carbons (Fsp3) is 0.457. The number of esters is 1. The lowest BCUT2D eigenvalue weighted by atomic mass is 9.98. The first kappa shape index (κ1) is 36.4. The van der Waals surface area contributed by atoms with Gasteiger partial charge in [0.1, 0.15) is 16.4 Å². The topological polar surface area (TPSA) is 131 Å². The summed E-state index contributed by atoms with van der Waals surface area (Å²) in [4.78, 5) is 52.3. The number of carbonyl (C=O) groups excluding carboxylic acids is 2. The number of nitrogens with zero attached hydrogens (tertiary/aromatic N) is 5. The zero-order chi connectivity index (χ0) is 36.1. The number of benzene rings is 1. The molecule has 0 bridgehead atoms. The third kappa shape index (κ3) is 8.41. The van der Waals surface area contributed by atoms with Crippen LogP contribution < -0.4 is 16.1 Å². The molecule has 1 aromatic carbocycles. The van der Waals surface area contributed by atoms with Crippen LogP contribution in [0.15, 0.2) is 46.8 Å². The number of alkyl halides is 3. The molecule has 2 amide bonds. The molecule has 2 aliphatic rings. The molecule has 272 valence electrons. The van der Waals surface area contributed by atoms with Crippen LogP contribution in [0.2, 0.25) is 0 Å². The summed E-state index contributed by atoms with van der Waals surface area (Å²) in [5.74, 6) is -0.624. The quantitative estimate of drug-likeness (QED) is 0.204. The zero-order valence-corrected chi connectivity index (χ0v) is 29.2. The van der Waals surface area contributed by atoms with E-state index in [2.05, 4.69) is 30.4 Å². The molecule has 0 spiro atoms. The Morgan fingerprint density at radius 1 is 1.08 bits per heavy atom. The van der Waals surface area contributed by atoms with E-state index in [0.717, 1.165) is 82.0 Å². The van der Waals surface area contributed by atoms with E-state index in [1.54, 1.807) is 38.2 Å². The Bertz CT molecular complexity index is 1940. The fourth-order valence-corrected chi connectivity index (χ4v) is 7.38. The van der Waals surface area contributed by atoms with Gasteiger partial charge in [-0.15, -0.1) is 11.3 Å². The Balaban J connectivity index is 1.41. The number of urea groups is 1. The van der Waals surface area contributed by atoms with Gasteiger partial charge in [-0.25, -0.2) is 19.6 Å². The number of morpholine rings is 1. The molecule has 1 unspecified atom stereocenters. The molecule has 2 N–H and O–H groups in total. The SMILES string of the molecule is CCNC(=O)Nc1cc(-c2nc(C(F)(F)F)cs2)c(-c2ccc3c(c2)c(=O)c(C(=O)OCC)cn3C2CCCN(CCN3CCOCC3)C2)cn1. The van der Waals surface area contributed by atoms with Gasteiger partial charge in [0.2, 0.25) is 5.43 Å². The molecule has 0 radical (unpaired) electrons. The van der Waals surface area contributed by atoms with Crippen LogP contribution in [0.3, 0.4) is 0 Å². The number of nitrogens with one attached hydrogen (secondary N) is 2. The number of hydrogen-bond acceptors (Lipinski definition) is 10. The van der Waals surface area contributed by atoms with Crippen LogP contribution in [-0.2, 0) is 15.7 Å². The predicted octanol–water partition coefficient (Wildman–Crippen LogP) is 5.49. The van der Waals surface area contributed by atoms with E-state index in [1.165, 1.54) is 12.3 Å². The van der Waals surface area contributed by atoms with Crippen molar-refractivity contribution in [2.24, 2.45) is 0 Å². The summed E-state index contributed by atoms with van der Waals surface area (Å²) in [5, 5.41) is 6.42. The number of ether oxygens (including phenoxy) is 2. The smallest absolute Gasteiger partial charge is 0.434 e. The summed E-state index contributed by atoms with van der Waals surface area (Å²) in [6.07, 6.45) is 0.150. The van der Waals surface area contributed by atoms with Gasteiger partial charge >= 0.3 is 18.2 Å². The van der Waals surface area contributed by atoms with Crippen LogP contribution in [0.4, 0.5) is 23.8 Å². The molecule has 2 saturated heterocycles.